The van der Waals surface area contributed by atoms with Gasteiger partial charge >= 0.3 is 5.97 Å². The quantitative estimate of drug-likeness (QED) is 0.303. The molecule has 2 rings (SSSR count). The van der Waals surface area contributed by atoms with Crippen LogP contribution < -0.4 is 10.0 Å². The van der Waals surface area contributed by atoms with Gasteiger partial charge in [0, 0.05) is 18.9 Å². The minimum atomic E-state index is -3.49. The number of allylic oxidation sites excluding steroid dienone is 3. The smallest absolute Gasteiger partial charge is 0.303 e. The number of fused-ring (bicyclic) bond motifs is 2. The van der Waals surface area contributed by atoms with Gasteiger partial charge in [0.1, 0.15) is 0 Å². The van der Waals surface area contributed by atoms with E-state index in [1.165, 1.54) is 6.08 Å². The third-order valence-corrected chi connectivity index (χ3v) is 6.68. The van der Waals surface area contributed by atoms with E-state index in [4.69, 9.17) is 9.84 Å². The summed E-state index contributed by atoms with van der Waals surface area (Å²) >= 11 is 0. The van der Waals surface area contributed by atoms with Gasteiger partial charge in [-0.3, -0.25) is 9.59 Å². The Morgan fingerprint density at radius 2 is 1.86 bits per heavy atom. The summed E-state index contributed by atoms with van der Waals surface area (Å²) in [6.45, 7) is 1.94. The minimum absolute atomic E-state index is 0.136. The highest BCUT2D eigenvalue weighted by Gasteiger charge is 2.47. The molecule has 2 bridgehead atoms. The highest BCUT2D eigenvalue weighted by Crippen LogP contribution is 2.44. The Balaban J connectivity index is 1.75. The number of sulfonamides is 1. The van der Waals surface area contributed by atoms with Gasteiger partial charge in [-0.15, -0.1) is 0 Å². The number of carbonyl (C=O) groups is 2. The fourth-order valence-electron chi connectivity index (χ4n) is 3.97. The molecule has 0 radical (unpaired) electrons. The Morgan fingerprint density at radius 1 is 1.14 bits per heavy atom. The summed E-state index contributed by atoms with van der Waals surface area (Å²) in [5.41, 5.74) is 0. The molecule has 2 saturated heterocycles. The second kappa shape index (κ2) is 11.5. The fourth-order valence-corrected chi connectivity index (χ4v) is 4.89. The van der Waals surface area contributed by atoms with Crippen LogP contribution in [-0.4, -0.2) is 56.5 Å². The number of carboxylic acids is 1. The van der Waals surface area contributed by atoms with Crippen LogP contribution in [0.2, 0.25) is 0 Å². The summed E-state index contributed by atoms with van der Waals surface area (Å²) in [5, 5.41) is 11.5. The van der Waals surface area contributed by atoms with E-state index in [2.05, 4.69) is 16.1 Å². The lowest BCUT2D eigenvalue weighted by Crippen LogP contribution is -2.42. The van der Waals surface area contributed by atoms with Gasteiger partial charge in [0.05, 0.1) is 24.5 Å². The van der Waals surface area contributed by atoms with Gasteiger partial charge in [-0.1, -0.05) is 24.3 Å². The van der Waals surface area contributed by atoms with E-state index in [0.29, 0.717) is 18.9 Å². The number of carbonyl (C=O) groups excluding carboxylic acids is 1. The van der Waals surface area contributed by atoms with E-state index in [-0.39, 0.29) is 42.8 Å². The van der Waals surface area contributed by atoms with Crippen LogP contribution in [0.1, 0.15) is 45.4 Å². The van der Waals surface area contributed by atoms with Crippen molar-refractivity contribution in [1.82, 2.24) is 10.0 Å². The highest BCUT2D eigenvalue weighted by atomic mass is 32.2. The average molecular weight is 429 g/mol. The Morgan fingerprint density at radius 3 is 2.55 bits per heavy atom. The Labute approximate surface area is 172 Å². The molecule has 0 aliphatic carbocycles. The highest BCUT2D eigenvalue weighted by molar-refractivity contribution is 7.89. The van der Waals surface area contributed by atoms with Crippen molar-refractivity contribution in [3.63, 3.8) is 0 Å². The molecule has 2 aliphatic heterocycles. The predicted molar refractivity (Wildman–Crippen MR) is 110 cm³/mol. The molecule has 3 N–H and O–H groups in total. The molecule has 0 spiro atoms. The molecule has 9 heteroatoms. The number of nitrogens with one attached hydrogen (secondary N) is 2. The standard InChI is InChI=1S/C20H32N2O6S/c1-2-3-12-29(26,27)22-14-19(23)21-13-16-15(17-10-11-18(16)28-17)8-6-4-5-7-9-20(24)25/h2-4,6,15-18,22H,5,7-14H2,1H3,(H,21,23)(H,24,25)/t15-,16+,17-,18+/m1/s1. The average Bonchev–Trinajstić information content (AvgIpc) is 3.27. The molecular formula is C20H32N2O6S. The lowest BCUT2D eigenvalue weighted by molar-refractivity contribution is -0.137. The normalized spacial score (nSPS) is 26.5. The topological polar surface area (TPSA) is 122 Å². The van der Waals surface area contributed by atoms with Crippen LogP contribution in [0.5, 0.6) is 0 Å². The maximum Gasteiger partial charge on any atom is 0.303 e. The van der Waals surface area contributed by atoms with Crippen LogP contribution in [-0.2, 0) is 24.3 Å². The van der Waals surface area contributed by atoms with Crippen LogP contribution in [0.4, 0.5) is 0 Å². The van der Waals surface area contributed by atoms with Gasteiger partial charge in [-0.2, -0.15) is 0 Å². The zero-order valence-corrected chi connectivity index (χ0v) is 17.7. The van der Waals surface area contributed by atoms with Crippen molar-refractivity contribution in [2.24, 2.45) is 11.8 Å². The summed E-state index contributed by atoms with van der Waals surface area (Å²) in [5.74, 6) is -0.741. The zero-order valence-electron chi connectivity index (χ0n) is 16.9. The largest absolute Gasteiger partial charge is 0.481 e. The molecule has 0 aromatic rings. The summed E-state index contributed by atoms with van der Waals surface area (Å²) in [6, 6.07) is 0. The summed E-state index contributed by atoms with van der Waals surface area (Å²) in [7, 11) is -3.49. The molecule has 1 amide bonds. The van der Waals surface area contributed by atoms with Crippen LogP contribution in [0.25, 0.3) is 0 Å². The summed E-state index contributed by atoms with van der Waals surface area (Å²) < 4.78 is 31.8. The van der Waals surface area contributed by atoms with Gasteiger partial charge in [0.25, 0.3) is 0 Å². The summed E-state index contributed by atoms with van der Waals surface area (Å²) in [6.07, 6.45) is 12.0. The van der Waals surface area contributed by atoms with Gasteiger partial charge in [-0.05, 0) is 44.9 Å². The number of amides is 1. The zero-order chi connectivity index (χ0) is 21.3. The Kier molecular flexibility index (Phi) is 9.32. The van der Waals surface area contributed by atoms with Crippen LogP contribution >= 0.6 is 0 Å². The third kappa shape index (κ3) is 7.91. The first-order chi connectivity index (χ1) is 13.8. The van der Waals surface area contributed by atoms with E-state index in [0.717, 1.165) is 25.7 Å². The van der Waals surface area contributed by atoms with Gasteiger partial charge in [0.15, 0.2) is 0 Å². The van der Waals surface area contributed by atoms with E-state index in [1.54, 1.807) is 13.0 Å². The lowest BCUT2D eigenvalue weighted by Gasteiger charge is -2.27. The third-order valence-electron chi connectivity index (χ3n) is 5.47. The maximum absolute atomic E-state index is 12.1. The van der Waals surface area contributed by atoms with Crippen molar-refractivity contribution >= 4 is 21.9 Å². The molecule has 29 heavy (non-hydrogen) atoms. The number of rotatable bonds is 13. The molecule has 0 aromatic carbocycles. The number of ether oxygens (including phenoxy) is 1. The number of aliphatic carboxylic acids is 1. The second-order valence-corrected chi connectivity index (χ2v) is 9.44. The van der Waals surface area contributed by atoms with Crippen molar-refractivity contribution in [1.29, 1.82) is 0 Å². The molecule has 2 aliphatic rings. The Hall–Kier alpha value is -1.71. The van der Waals surface area contributed by atoms with Crippen LogP contribution in [0.15, 0.2) is 24.3 Å². The van der Waals surface area contributed by atoms with E-state index >= 15 is 0 Å². The van der Waals surface area contributed by atoms with E-state index < -0.39 is 16.0 Å². The number of hydrogen-bond acceptors (Lipinski definition) is 5. The van der Waals surface area contributed by atoms with Crippen LogP contribution in [0.3, 0.4) is 0 Å². The van der Waals surface area contributed by atoms with Crippen molar-refractivity contribution < 1.29 is 27.9 Å². The van der Waals surface area contributed by atoms with Crippen molar-refractivity contribution in [2.45, 2.75) is 57.7 Å². The first kappa shape index (κ1) is 23.6. The molecular weight excluding hydrogens is 396 g/mol. The van der Waals surface area contributed by atoms with Crippen molar-refractivity contribution in [2.75, 3.05) is 18.8 Å². The van der Waals surface area contributed by atoms with E-state index in [9.17, 15) is 18.0 Å². The van der Waals surface area contributed by atoms with Crippen LogP contribution in [0, 0.1) is 11.8 Å². The fraction of sp³-hybridized carbons (Fsp3) is 0.700. The van der Waals surface area contributed by atoms with Crippen molar-refractivity contribution in [3.05, 3.63) is 24.3 Å². The number of hydrogen-bond donors (Lipinski definition) is 3. The van der Waals surface area contributed by atoms with Gasteiger partial charge in [-0.25, -0.2) is 13.1 Å². The van der Waals surface area contributed by atoms with Gasteiger partial charge in [0.2, 0.25) is 15.9 Å². The molecule has 0 saturated carbocycles. The minimum Gasteiger partial charge on any atom is -0.481 e. The molecule has 2 heterocycles. The summed E-state index contributed by atoms with van der Waals surface area (Å²) in [4.78, 5) is 22.6. The molecule has 4 atom stereocenters. The Bertz CT molecular complexity index is 718. The second-order valence-electron chi connectivity index (χ2n) is 7.59. The van der Waals surface area contributed by atoms with E-state index in [1.807, 2.05) is 6.08 Å². The molecule has 164 valence electrons. The monoisotopic (exact) mass is 428 g/mol. The maximum atomic E-state index is 12.1. The molecule has 0 unspecified atom stereocenters. The molecule has 8 nitrogen and oxygen atoms in total. The predicted octanol–water partition coefficient (Wildman–Crippen LogP) is 1.59. The van der Waals surface area contributed by atoms with Gasteiger partial charge < -0.3 is 15.2 Å². The molecule has 2 fully saturated rings. The first-order valence-electron chi connectivity index (χ1n) is 10.2. The van der Waals surface area contributed by atoms with Crippen molar-refractivity contribution in [3.8, 4) is 0 Å². The molecule has 0 aromatic heterocycles. The number of carboxylic acid groups (broad SMARTS) is 1. The lowest BCUT2D eigenvalue weighted by atomic mass is 9.77. The number of unbranched alkanes of at least 4 members (excludes halogenated alkanes) is 1. The first-order valence-corrected chi connectivity index (χ1v) is 11.8. The SMILES string of the molecule is CC=CCS(=O)(=O)NCC(=O)NC[C@H]1[C@@H](CC=CCCCC(=O)O)[C@H]2CC[C@@H]1O2.